The minimum Gasteiger partial charge on any atom is -0.389 e. The fraction of sp³-hybridized carbons (Fsp3) is 0.875. The summed E-state index contributed by atoms with van der Waals surface area (Å²) < 4.78 is 5.25. The van der Waals surface area contributed by atoms with Gasteiger partial charge in [0.25, 0.3) is 0 Å². The molecule has 0 unspecified atom stereocenters. The second kappa shape index (κ2) is 4.04. The Morgan fingerprint density at radius 2 is 2.38 bits per heavy atom. The normalized spacial score (nSPS) is 31.3. The number of rotatable bonds is 4. The van der Waals surface area contributed by atoms with Crippen LogP contribution >= 0.6 is 0 Å². The Kier molecular flexibility index (Phi) is 2.77. The van der Waals surface area contributed by atoms with Gasteiger partial charge in [-0.05, 0) is 6.92 Å². The second-order valence-corrected chi connectivity index (χ2v) is 3.04. The summed E-state index contributed by atoms with van der Waals surface area (Å²) in [6, 6.07) is 0. The van der Waals surface area contributed by atoms with Crippen LogP contribution in [0.1, 0.15) is 6.92 Å². The summed E-state index contributed by atoms with van der Waals surface area (Å²) in [7, 11) is 0. The topological polar surface area (TPSA) is 49.3 Å². The molecule has 5 heteroatoms. The molecule has 0 aromatic carbocycles. The van der Waals surface area contributed by atoms with Crippen molar-refractivity contribution in [3.8, 4) is 0 Å². The number of nitrogens with zero attached hydrogens (tertiary/aromatic N) is 1. The van der Waals surface area contributed by atoms with Gasteiger partial charge in [0, 0.05) is 0 Å². The lowest BCUT2D eigenvalue weighted by molar-refractivity contribution is -0.279. The third-order valence-corrected chi connectivity index (χ3v) is 2.17. The molecule has 0 aliphatic carbocycles. The molecule has 74 valence electrons. The lowest BCUT2D eigenvalue weighted by Crippen LogP contribution is -2.24. The Bertz CT molecular complexity index is 206. The SMILES string of the molecule is CCOOCC1=NO[C@@H]2COC[C@H]12. The van der Waals surface area contributed by atoms with Crippen LogP contribution in [0.2, 0.25) is 0 Å². The summed E-state index contributed by atoms with van der Waals surface area (Å²) in [4.78, 5) is 14.8. The molecule has 1 fully saturated rings. The van der Waals surface area contributed by atoms with E-state index in [0.29, 0.717) is 26.4 Å². The quantitative estimate of drug-likeness (QED) is 0.362. The summed E-state index contributed by atoms with van der Waals surface area (Å²) in [6.07, 6.45) is 0.0974. The zero-order chi connectivity index (χ0) is 9.10. The molecule has 0 aromatic rings. The van der Waals surface area contributed by atoms with Gasteiger partial charge in [0.05, 0.1) is 31.5 Å². The average Bonchev–Trinajstić information content (AvgIpc) is 2.68. The van der Waals surface area contributed by atoms with Crippen LogP contribution in [0.3, 0.4) is 0 Å². The summed E-state index contributed by atoms with van der Waals surface area (Å²) in [6.45, 7) is 4.09. The molecule has 2 aliphatic rings. The van der Waals surface area contributed by atoms with Crippen molar-refractivity contribution >= 4 is 5.71 Å². The number of ether oxygens (including phenoxy) is 1. The van der Waals surface area contributed by atoms with Gasteiger partial charge in [-0.1, -0.05) is 5.16 Å². The fourth-order valence-corrected chi connectivity index (χ4v) is 1.47. The highest BCUT2D eigenvalue weighted by Gasteiger charge is 2.39. The van der Waals surface area contributed by atoms with Gasteiger partial charge in [0.15, 0.2) is 6.10 Å². The van der Waals surface area contributed by atoms with Crippen LogP contribution in [0.25, 0.3) is 0 Å². The lowest BCUT2D eigenvalue weighted by Gasteiger charge is -2.05. The molecule has 0 aromatic heterocycles. The van der Waals surface area contributed by atoms with Crippen LogP contribution < -0.4 is 0 Å². The molecule has 0 N–H and O–H groups in total. The Labute approximate surface area is 76.5 Å². The van der Waals surface area contributed by atoms with Gasteiger partial charge in [-0.15, -0.1) is 0 Å². The highest BCUT2D eigenvalue weighted by molar-refractivity contribution is 5.89. The fourth-order valence-electron chi connectivity index (χ4n) is 1.47. The first-order valence-corrected chi connectivity index (χ1v) is 4.46. The Hall–Kier alpha value is -0.650. The zero-order valence-electron chi connectivity index (χ0n) is 7.56. The van der Waals surface area contributed by atoms with Gasteiger partial charge < -0.3 is 9.57 Å². The maximum Gasteiger partial charge on any atom is 0.161 e. The van der Waals surface area contributed by atoms with Gasteiger partial charge in [-0.2, -0.15) is 0 Å². The average molecular weight is 187 g/mol. The minimum atomic E-state index is 0.0974. The van der Waals surface area contributed by atoms with E-state index in [1.807, 2.05) is 6.92 Å². The predicted octanol–water partition coefficient (Wildman–Crippen LogP) is 0.356. The molecule has 13 heavy (non-hydrogen) atoms. The van der Waals surface area contributed by atoms with E-state index in [9.17, 15) is 0 Å². The standard InChI is InChI=1S/C8H13NO4/c1-2-11-12-4-7-6-3-10-5-8(6)13-9-7/h6,8H,2-5H2,1H3/t6-,8-/m1/s1. The van der Waals surface area contributed by atoms with E-state index in [2.05, 4.69) is 5.16 Å². The van der Waals surface area contributed by atoms with Crippen LogP contribution in [-0.4, -0.2) is 38.2 Å². The number of oxime groups is 1. The van der Waals surface area contributed by atoms with Crippen molar-refractivity contribution in [2.75, 3.05) is 26.4 Å². The third-order valence-electron chi connectivity index (χ3n) is 2.17. The smallest absolute Gasteiger partial charge is 0.161 e. The van der Waals surface area contributed by atoms with E-state index in [4.69, 9.17) is 19.3 Å². The predicted molar refractivity (Wildman–Crippen MR) is 44.2 cm³/mol. The van der Waals surface area contributed by atoms with Crippen LogP contribution in [0.5, 0.6) is 0 Å². The molecule has 0 saturated carbocycles. The Morgan fingerprint density at radius 3 is 3.23 bits per heavy atom. The lowest BCUT2D eigenvalue weighted by atomic mass is 10.0. The van der Waals surface area contributed by atoms with Crippen molar-refractivity contribution < 1.29 is 19.3 Å². The molecule has 0 bridgehead atoms. The van der Waals surface area contributed by atoms with Gasteiger partial charge >= 0.3 is 0 Å². The van der Waals surface area contributed by atoms with Gasteiger partial charge in [0.2, 0.25) is 0 Å². The number of fused-ring (bicyclic) bond motifs is 1. The molecule has 0 radical (unpaired) electrons. The van der Waals surface area contributed by atoms with Crippen LogP contribution in [0.15, 0.2) is 5.16 Å². The zero-order valence-corrected chi connectivity index (χ0v) is 7.56. The van der Waals surface area contributed by atoms with Crippen molar-refractivity contribution in [3.05, 3.63) is 0 Å². The summed E-state index contributed by atoms with van der Waals surface area (Å²) in [5, 5.41) is 3.92. The van der Waals surface area contributed by atoms with E-state index in [1.54, 1.807) is 0 Å². The minimum absolute atomic E-state index is 0.0974. The van der Waals surface area contributed by atoms with Crippen LogP contribution in [0, 0.1) is 5.92 Å². The van der Waals surface area contributed by atoms with E-state index in [0.717, 1.165) is 5.71 Å². The Balaban J connectivity index is 1.79. The molecule has 2 aliphatic heterocycles. The van der Waals surface area contributed by atoms with Gasteiger partial charge in [0.1, 0.15) is 6.61 Å². The molecule has 2 atom stereocenters. The second-order valence-electron chi connectivity index (χ2n) is 3.04. The molecular formula is C8H13NO4. The van der Waals surface area contributed by atoms with Crippen molar-refractivity contribution in [2.24, 2.45) is 11.1 Å². The van der Waals surface area contributed by atoms with Crippen molar-refractivity contribution in [2.45, 2.75) is 13.0 Å². The summed E-state index contributed by atoms with van der Waals surface area (Å²) >= 11 is 0. The molecular weight excluding hydrogens is 174 g/mol. The van der Waals surface area contributed by atoms with E-state index < -0.39 is 0 Å². The highest BCUT2D eigenvalue weighted by Crippen LogP contribution is 2.24. The van der Waals surface area contributed by atoms with Crippen molar-refractivity contribution in [1.82, 2.24) is 0 Å². The number of hydrogen-bond acceptors (Lipinski definition) is 5. The molecule has 2 heterocycles. The molecule has 0 amide bonds. The van der Waals surface area contributed by atoms with Gasteiger partial charge in [-0.25, -0.2) is 9.78 Å². The molecule has 2 rings (SSSR count). The molecule has 5 nitrogen and oxygen atoms in total. The monoisotopic (exact) mass is 187 g/mol. The Morgan fingerprint density at radius 1 is 1.46 bits per heavy atom. The van der Waals surface area contributed by atoms with Crippen molar-refractivity contribution in [3.63, 3.8) is 0 Å². The van der Waals surface area contributed by atoms with E-state index in [-0.39, 0.29) is 12.0 Å². The molecule has 0 spiro atoms. The first-order valence-electron chi connectivity index (χ1n) is 4.46. The maximum absolute atomic E-state index is 5.25. The van der Waals surface area contributed by atoms with E-state index in [1.165, 1.54) is 0 Å². The summed E-state index contributed by atoms with van der Waals surface area (Å²) in [5.74, 6) is 0.264. The van der Waals surface area contributed by atoms with Crippen molar-refractivity contribution in [1.29, 1.82) is 0 Å². The molecule has 1 saturated heterocycles. The first kappa shape index (κ1) is 8.93. The van der Waals surface area contributed by atoms with Crippen LogP contribution in [-0.2, 0) is 19.3 Å². The highest BCUT2D eigenvalue weighted by atomic mass is 17.2. The first-order chi connectivity index (χ1) is 6.42. The summed E-state index contributed by atoms with van der Waals surface area (Å²) in [5.41, 5.74) is 0.885. The maximum atomic E-state index is 5.25. The largest absolute Gasteiger partial charge is 0.389 e. The van der Waals surface area contributed by atoms with E-state index >= 15 is 0 Å². The van der Waals surface area contributed by atoms with Gasteiger partial charge in [-0.3, -0.25) is 0 Å². The van der Waals surface area contributed by atoms with Crippen LogP contribution in [0.4, 0.5) is 0 Å². The number of hydrogen-bond donors (Lipinski definition) is 0. The third kappa shape index (κ3) is 1.82.